The fourth-order valence-corrected chi connectivity index (χ4v) is 5.88. The van der Waals surface area contributed by atoms with E-state index in [0.29, 0.717) is 32.6 Å². The summed E-state index contributed by atoms with van der Waals surface area (Å²) in [6.07, 6.45) is 1.60. The number of carbonyl (C=O) groups is 3. The van der Waals surface area contributed by atoms with Crippen LogP contribution in [-0.2, 0) is 9.53 Å². The van der Waals surface area contributed by atoms with Gasteiger partial charge in [0.05, 0.1) is 39.5 Å². The van der Waals surface area contributed by atoms with Gasteiger partial charge in [0, 0.05) is 0 Å². The Hall–Kier alpha value is -3.83. The molecule has 2 aromatic heterocycles. The Morgan fingerprint density at radius 2 is 1.89 bits per heavy atom. The Kier molecular flexibility index (Phi) is 7.55. The van der Waals surface area contributed by atoms with Crippen LogP contribution in [0.1, 0.15) is 54.3 Å². The third-order valence-corrected chi connectivity index (χ3v) is 7.76. The van der Waals surface area contributed by atoms with E-state index in [4.69, 9.17) is 9.47 Å². The average Bonchev–Trinajstić information content (AvgIpc) is 3.50. The summed E-state index contributed by atoms with van der Waals surface area (Å²) >= 11 is 2.15. The molecule has 9 nitrogen and oxygen atoms in total. The number of carbonyl (C=O) groups excluding carboxylic acids is 3. The van der Waals surface area contributed by atoms with Crippen molar-refractivity contribution in [3.05, 3.63) is 80.0 Å². The largest absolute Gasteiger partial charge is 0.503 e. The number of thiazole rings is 2. The van der Waals surface area contributed by atoms with E-state index >= 15 is 0 Å². The Bertz CT molecular complexity index is 1440. The van der Waals surface area contributed by atoms with Gasteiger partial charge in [0.1, 0.15) is 17.2 Å². The molecule has 1 unspecified atom stereocenters. The molecule has 3 aromatic rings. The van der Waals surface area contributed by atoms with Crippen LogP contribution in [0.15, 0.2) is 48.3 Å². The number of esters is 1. The van der Waals surface area contributed by atoms with Crippen LogP contribution in [-0.4, -0.2) is 45.9 Å². The molecular formula is C26H25N3O6S2. The van der Waals surface area contributed by atoms with Gasteiger partial charge in [0.2, 0.25) is 5.78 Å². The number of ketones is 1. The molecule has 0 fully saturated rings. The topological polar surface area (TPSA) is 119 Å². The maximum atomic E-state index is 13.8. The summed E-state index contributed by atoms with van der Waals surface area (Å²) in [5.74, 6) is -2.04. The lowest BCUT2D eigenvalue weighted by atomic mass is 9.95. The van der Waals surface area contributed by atoms with Gasteiger partial charge in [-0.2, -0.15) is 0 Å². The Morgan fingerprint density at radius 3 is 2.54 bits per heavy atom. The average molecular weight is 540 g/mol. The van der Waals surface area contributed by atoms with Crippen molar-refractivity contribution in [3.63, 3.8) is 0 Å². The van der Waals surface area contributed by atoms with Gasteiger partial charge in [-0.05, 0) is 45.4 Å². The summed E-state index contributed by atoms with van der Waals surface area (Å²) in [5.41, 5.74) is 1.31. The van der Waals surface area contributed by atoms with Gasteiger partial charge in [-0.3, -0.25) is 14.5 Å². The number of amides is 1. The number of hydrogen-bond donors (Lipinski definition) is 1. The zero-order valence-corrected chi connectivity index (χ0v) is 22.4. The van der Waals surface area contributed by atoms with Crippen molar-refractivity contribution in [1.82, 2.24) is 9.97 Å². The van der Waals surface area contributed by atoms with Crippen LogP contribution >= 0.6 is 22.7 Å². The number of rotatable bonds is 9. The van der Waals surface area contributed by atoms with Gasteiger partial charge in [-0.15, -0.1) is 11.3 Å². The summed E-state index contributed by atoms with van der Waals surface area (Å²) in [6, 6.07) is 5.87. The van der Waals surface area contributed by atoms with Crippen LogP contribution in [0.2, 0.25) is 0 Å². The number of aliphatic hydroxyl groups excluding tert-OH is 1. The highest BCUT2D eigenvalue weighted by molar-refractivity contribution is 7.17. The lowest BCUT2D eigenvalue weighted by Crippen LogP contribution is -2.31. The number of aromatic nitrogens is 2. The highest BCUT2D eigenvalue weighted by atomic mass is 32.1. The van der Waals surface area contributed by atoms with E-state index < -0.39 is 29.5 Å². The van der Waals surface area contributed by atoms with Crippen LogP contribution in [0, 0.1) is 20.8 Å². The minimum atomic E-state index is -1.02. The van der Waals surface area contributed by atoms with Crippen molar-refractivity contribution < 1.29 is 29.0 Å². The summed E-state index contributed by atoms with van der Waals surface area (Å²) in [5, 5.41) is 11.9. The number of ether oxygens (including phenoxy) is 2. The molecule has 0 saturated carbocycles. The highest BCUT2D eigenvalue weighted by Gasteiger charge is 2.47. The maximum Gasteiger partial charge on any atom is 0.350 e. The second kappa shape index (κ2) is 10.7. The molecule has 3 heterocycles. The molecular weight excluding hydrogens is 514 g/mol. The van der Waals surface area contributed by atoms with Crippen molar-refractivity contribution in [3.8, 4) is 5.75 Å². The molecule has 1 amide bonds. The monoisotopic (exact) mass is 539 g/mol. The quantitative estimate of drug-likeness (QED) is 0.228. The molecule has 192 valence electrons. The van der Waals surface area contributed by atoms with Gasteiger partial charge in [0.15, 0.2) is 10.9 Å². The van der Waals surface area contributed by atoms with Crippen LogP contribution in [0.25, 0.3) is 0 Å². The molecule has 1 aliphatic heterocycles. The van der Waals surface area contributed by atoms with Gasteiger partial charge < -0.3 is 14.6 Å². The van der Waals surface area contributed by atoms with Gasteiger partial charge in [0.25, 0.3) is 5.91 Å². The number of aryl methyl sites for hydroxylation is 3. The lowest BCUT2D eigenvalue weighted by molar-refractivity contribution is -0.117. The molecule has 37 heavy (non-hydrogen) atoms. The summed E-state index contributed by atoms with van der Waals surface area (Å²) in [7, 11) is 0. The second-order valence-electron chi connectivity index (χ2n) is 8.12. The predicted octanol–water partition coefficient (Wildman–Crippen LogP) is 5.05. The van der Waals surface area contributed by atoms with Gasteiger partial charge in [-0.1, -0.05) is 36.1 Å². The third-order valence-electron chi connectivity index (χ3n) is 5.56. The third kappa shape index (κ3) is 4.92. The van der Waals surface area contributed by atoms with Crippen molar-refractivity contribution in [1.29, 1.82) is 0 Å². The van der Waals surface area contributed by atoms with E-state index in [1.807, 2.05) is 0 Å². The van der Waals surface area contributed by atoms with Gasteiger partial charge in [-0.25, -0.2) is 14.8 Å². The van der Waals surface area contributed by atoms with Crippen molar-refractivity contribution in [2.24, 2.45) is 0 Å². The zero-order chi connectivity index (χ0) is 26.9. The highest BCUT2D eigenvalue weighted by Crippen LogP contribution is 2.45. The van der Waals surface area contributed by atoms with Crippen LogP contribution in [0.3, 0.4) is 0 Å². The fourth-order valence-electron chi connectivity index (χ4n) is 4.02. The molecule has 0 saturated heterocycles. The minimum absolute atomic E-state index is 0.0943. The van der Waals surface area contributed by atoms with E-state index in [1.165, 1.54) is 16.2 Å². The fraction of sp³-hybridized carbons (Fsp3) is 0.269. The SMILES string of the molecule is C=CCOc1cccc(C2C(C(=O)c3sc(C)nc3C)=C(O)C(=O)N2c2nc(C)c(C(=O)OCC)s2)c1. The Labute approximate surface area is 221 Å². The molecule has 1 atom stereocenters. The Balaban J connectivity index is 1.87. The molecule has 0 spiro atoms. The van der Waals surface area contributed by atoms with Crippen molar-refractivity contribution in [2.45, 2.75) is 33.7 Å². The number of aliphatic hydroxyl groups is 1. The number of nitrogens with zero attached hydrogens (tertiary/aromatic N) is 3. The van der Waals surface area contributed by atoms with Crippen LogP contribution in [0.5, 0.6) is 5.75 Å². The lowest BCUT2D eigenvalue weighted by Gasteiger charge is -2.24. The molecule has 0 bridgehead atoms. The minimum Gasteiger partial charge on any atom is -0.503 e. The smallest absolute Gasteiger partial charge is 0.350 e. The first-order valence-corrected chi connectivity index (χ1v) is 13.0. The molecule has 1 aliphatic rings. The normalized spacial score (nSPS) is 15.3. The Morgan fingerprint density at radius 1 is 1.16 bits per heavy atom. The molecule has 1 aromatic carbocycles. The summed E-state index contributed by atoms with van der Waals surface area (Å²) in [6.45, 7) is 10.9. The van der Waals surface area contributed by atoms with E-state index in [1.54, 1.807) is 58.0 Å². The van der Waals surface area contributed by atoms with Crippen molar-refractivity contribution in [2.75, 3.05) is 18.1 Å². The first kappa shape index (κ1) is 26.2. The van der Waals surface area contributed by atoms with Gasteiger partial charge >= 0.3 is 5.97 Å². The molecule has 11 heteroatoms. The van der Waals surface area contributed by atoms with Crippen LogP contribution in [0.4, 0.5) is 5.13 Å². The van der Waals surface area contributed by atoms with Crippen molar-refractivity contribution >= 4 is 45.5 Å². The standard InChI is InChI=1S/C26H25N3O6S2/c1-6-11-35-17-10-8-9-16(12-17)19-18(20(30)22-13(3)27-15(5)36-22)21(31)24(32)29(19)26-28-14(4)23(37-26)25(33)34-7-2/h6,8-10,12,19,31H,1,7,11H2,2-5H3. The molecule has 1 N–H and O–H groups in total. The van der Waals surface area contributed by atoms with E-state index in [-0.39, 0.29) is 28.8 Å². The molecule has 0 radical (unpaired) electrons. The van der Waals surface area contributed by atoms with E-state index in [9.17, 15) is 19.5 Å². The number of Topliss-reactive ketones (excluding diaryl/α,β-unsaturated/α-hetero) is 1. The van der Waals surface area contributed by atoms with Crippen LogP contribution < -0.4 is 9.64 Å². The molecule has 0 aliphatic carbocycles. The molecule has 4 rings (SSSR count). The number of benzene rings is 1. The predicted molar refractivity (Wildman–Crippen MR) is 141 cm³/mol. The number of anilines is 1. The summed E-state index contributed by atoms with van der Waals surface area (Å²) < 4.78 is 10.8. The summed E-state index contributed by atoms with van der Waals surface area (Å²) in [4.78, 5) is 50.2. The van der Waals surface area contributed by atoms with E-state index in [0.717, 1.165) is 11.3 Å². The second-order valence-corrected chi connectivity index (χ2v) is 10.3. The maximum absolute atomic E-state index is 13.8. The zero-order valence-electron chi connectivity index (χ0n) is 20.7. The first-order valence-electron chi connectivity index (χ1n) is 11.4. The number of hydrogen-bond acceptors (Lipinski definition) is 10. The first-order chi connectivity index (χ1) is 17.7. The van der Waals surface area contributed by atoms with E-state index in [2.05, 4.69) is 16.5 Å².